The van der Waals surface area contributed by atoms with Crippen LogP contribution >= 0.6 is 0 Å². The first-order valence-corrected chi connectivity index (χ1v) is 19.5. The molecule has 0 saturated carbocycles. The minimum absolute atomic E-state index is 0. The number of ketones is 1. The number of fused-ring (bicyclic) bond motifs is 6. The van der Waals surface area contributed by atoms with Gasteiger partial charge in [-0.1, -0.05) is 130 Å². The molecule has 5 nitrogen and oxygen atoms in total. The average Bonchev–Trinajstić information content (AvgIpc) is 3.51. The van der Waals surface area contributed by atoms with Gasteiger partial charge in [0.15, 0.2) is 5.78 Å². The van der Waals surface area contributed by atoms with Crippen molar-refractivity contribution in [1.29, 1.82) is 0 Å². The second kappa shape index (κ2) is 16.9. The maximum absolute atomic E-state index is 12.2. The van der Waals surface area contributed by atoms with Gasteiger partial charge in [-0.3, -0.25) is 9.78 Å². The number of furan rings is 1. The van der Waals surface area contributed by atoms with Crippen LogP contribution < -0.4 is 0 Å². The number of benzene rings is 4. The van der Waals surface area contributed by atoms with Gasteiger partial charge in [0.1, 0.15) is 17.2 Å². The van der Waals surface area contributed by atoms with Crippen LogP contribution in [0.4, 0.5) is 0 Å². The molecule has 1 radical (unpaired) electrons. The summed E-state index contributed by atoms with van der Waals surface area (Å²) in [4.78, 5) is 21.9. The second-order valence-electron chi connectivity index (χ2n) is 16.8. The van der Waals surface area contributed by atoms with E-state index in [9.17, 15) is 9.90 Å². The number of carbonyl (C=O) groups is 1. The minimum Gasteiger partial charge on any atom is -0.512 e. The van der Waals surface area contributed by atoms with Gasteiger partial charge in [-0.15, -0.1) is 29.1 Å². The van der Waals surface area contributed by atoms with Crippen molar-refractivity contribution in [2.75, 3.05) is 0 Å². The Bertz CT molecular complexity index is 2300. The number of nitrogens with zero attached hydrogens (tertiary/aromatic N) is 2. The molecule has 0 spiro atoms. The predicted molar refractivity (Wildman–Crippen MR) is 224 cm³/mol. The number of aliphatic hydroxyl groups excluding tert-OH is 1. The van der Waals surface area contributed by atoms with Crippen LogP contribution in [-0.4, -0.2) is 20.9 Å². The summed E-state index contributed by atoms with van der Waals surface area (Å²) in [5.74, 6) is 1.58. The molecule has 1 N–H and O–H groups in total. The maximum Gasteiger partial charge on any atom is 0.223 e. The monoisotopic (exact) mass is 904 g/mol. The first-order chi connectivity index (χ1) is 25.0. The summed E-state index contributed by atoms with van der Waals surface area (Å²) in [6, 6.07) is 25.4. The molecule has 2 heterocycles. The number of carbonyl (C=O) groups excluding carboxylic acids is 1. The Kier molecular flexibility index (Phi) is 13.4. The Morgan fingerprint density at radius 3 is 2.07 bits per heavy atom. The van der Waals surface area contributed by atoms with E-state index in [2.05, 4.69) is 101 Å². The summed E-state index contributed by atoms with van der Waals surface area (Å²) in [5, 5.41) is 16.8. The quantitative estimate of drug-likeness (QED) is 0.0842. The van der Waals surface area contributed by atoms with Gasteiger partial charge < -0.3 is 9.52 Å². The van der Waals surface area contributed by atoms with Crippen LogP contribution in [0.2, 0.25) is 0 Å². The van der Waals surface area contributed by atoms with E-state index in [1.807, 2.05) is 48.5 Å². The molecule has 4 aromatic carbocycles. The minimum atomic E-state index is -0.337. The first-order valence-electron chi connectivity index (χ1n) is 19.5. The molecule has 0 bridgehead atoms. The molecule has 54 heavy (non-hydrogen) atoms. The van der Waals surface area contributed by atoms with Crippen molar-refractivity contribution >= 4 is 49.4 Å². The van der Waals surface area contributed by atoms with Crippen molar-refractivity contribution in [2.45, 2.75) is 121 Å². The first kappa shape index (κ1) is 42.9. The van der Waals surface area contributed by atoms with Gasteiger partial charge >= 0.3 is 0 Å². The molecule has 6 heteroatoms. The number of hydrogen-bond acceptors (Lipinski definition) is 5. The van der Waals surface area contributed by atoms with Gasteiger partial charge in [-0.2, -0.15) is 4.98 Å². The zero-order valence-corrected chi connectivity index (χ0v) is 36.9. The number of rotatable bonds is 10. The molecule has 0 atom stereocenters. The smallest absolute Gasteiger partial charge is 0.223 e. The van der Waals surface area contributed by atoms with Crippen LogP contribution in [-0.2, 0) is 36.7 Å². The fraction of sp³-hybridized carbons (Fsp3) is 0.438. The largest absolute Gasteiger partial charge is 0.512 e. The molecule has 2 aromatic heterocycles. The summed E-state index contributed by atoms with van der Waals surface area (Å²) >= 11 is 0. The van der Waals surface area contributed by atoms with Crippen molar-refractivity contribution in [1.82, 2.24) is 9.97 Å². The zero-order valence-electron chi connectivity index (χ0n) is 34.5. The molecule has 0 saturated heterocycles. The molecule has 0 aliphatic carbocycles. The Labute approximate surface area is 336 Å². The molecule has 0 aliphatic heterocycles. The van der Waals surface area contributed by atoms with E-state index in [-0.39, 0.29) is 47.9 Å². The molecule has 0 fully saturated rings. The number of aryl methyl sites for hydroxylation is 1. The van der Waals surface area contributed by atoms with E-state index >= 15 is 0 Å². The van der Waals surface area contributed by atoms with Crippen LogP contribution in [0.25, 0.3) is 54.9 Å². The van der Waals surface area contributed by atoms with Crippen molar-refractivity contribution in [3.05, 3.63) is 95.5 Å². The van der Waals surface area contributed by atoms with Gasteiger partial charge in [0.2, 0.25) is 5.71 Å². The van der Waals surface area contributed by atoms with Crippen molar-refractivity contribution in [3.8, 4) is 11.3 Å². The third-order valence-electron chi connectivity index (χ3n) is 11.6. The van der Waals surface area contributed by atoms with E-state index in [1.165, 1.54) is 28.0 Å². The third-order valence-corrected chi connectivity index (χ3v) is 11.6. The summed E-state index contributed by atoms with van der Waals surface area (Å²) in [6.07, 6.45) is 5.79. The Balaban J connectivity index is 0.000000309. The molecule has 6 rings (SSSR count). The molecular weight excluding hydrogens is 845 g/mol. The molecular formula is C48H59IrN2O3-. The fourth-order valence-corrected chi connectivity index (χ4v) is 7.06. The van der Waals surface area contributed by atoms with Gasteiger partial charge in [0.05, 0.1) is 0 Å². The normalized spacial score (nSPS) is 12.7. The van der Waals surface area contributed by atoms with E-state index in [4.69, 9.17) is 14.4 Å². The summed E-state index contributed by atoms with van der Waals surface area (Å²) < 4.78 is 6.49. The fourth-order valence-electron chi connectivity index (χ4n) is 7.06. The van der Waals surface area contributed by atoms with Gasteiger partial charge in [0, 0.05) is 58.9 Å². The maximum atomic E-state index is 12.2. The van der Waals surface area contributed by atoms with E-state index in [1.54, 1.807) is 0 Å². The van der Waals surface area contributed by atoms with Crippen LogP contribution in [0, 0.1) is 29.7 Å². The van der Waals surface area contributed by atoms with Crippen LogP contribution in [0.15, 0.2) is 76.9 Å². The van der Waals surface area contributed by atoms with Gasteiger partial charge in [0.25, 0.3) is 0 Å². The van der Waals surface area contributed by atoms with Crippen molar-refractivity contribution < 1.29 is 34.4 Å². The zero-order chi connectivity index (χ0) is 38.9. The predicted octanol–water partition coefficient (Wildman–Crippen LogP) is 13.6. The molecule has 0 amide bonds. The molecule has 289 valence electrons. The SMILES string of the molecule is CCC(C)(CC)C(=O)/C=C(\O)C(C)(CC)CC.Cc1nc(-c2[c-]c3ccccc3c(C(C)(C)C)c2)c2c(n1)oc1c3cc(CC(C)C)ccc3ccc12.[Ir]. The number of aliphatic hydroxyl groups is 1. The number of hydrogen-bond donors (Lipinski definition) is 1. The van der Waals surface area contributed by atoms with E-state index in [0.29, 0.717) is 17.5 Å². The van der Waals surface area contributed by atoms with Crippen LogP contribution in [0.1, 0.15) is 119 Å². The molecule has 0 unspecified atom stereocenters. The van der Waals surface area contributed by atoms with Gasteiger partial charge in [-0.25, -0.2) is 0 Å². The summed E-state index contributed by atoms with van der Waals surface area (Å²) in [5.41, 5.74) is 5.36. The Morgan fingerprint density at radius 1 is 0.833 bits per heavy atom. The van der Waals surface area contributed by atoms with Crippen molar-refractivity contribution in [3.63, 3.8) is 0 Å². The van der Waals surface area contributed by atoms with Crippen LogP contribution in [0.5, 0.6) is 0 Å². The second-order valence-corrected chi connectivity index (χ2v) is 16.8. The summed E-state index contributed by atoms with van der Waals surface area (Å²) in [7, 11) is 0. The number of aromatic nitrogens is 2. The topological polar surface area (TPSA) is 76.2 Å². The Morgan fingerprint density at radius 2 is 1.46 bits per heavy atom. The standard InChI is InChI=1S/C33H31N2O.C15H28O2.Ir/c1-19(2)15-21-11-12-22-13-14-26-29-30(34-20(3)35-32(29)36-31(26)27(22)16-21)24-17-23-9-7-8-10-25(23)28(18-24)33(4,5)6;1-7-14(5,8-2)12(16)11-13(17)15(6,9-3)10-4;/h7-14,16,18-19H,15H2,1-6H3;11,16H,7-10H2,1-6H3;/q-1;;/b;12-11-;. The van der Waals surface area contributed by atoms with Crippen LogP contribution in [0.3, 0.4) is 0 Å². The van der Waals surface area contributed by atoms with Gasteiger partial charge in [-0.05, 0) is 67.4 Å². The summed E-state index contributed by atoms with van der Waals surface area (Å²) in [6.45, 7) is 25.3. The van der Waals surface area contributed by atoms with Crippen molar-refractivity contribution in [2.24, 2.45) is 16.7 Å². The Hall–Kier alpha value is -3.86. The van der Waals surface area contributed by atoms with E-state index < -0.39 is 0 Å². The molecule has 0 aliphatic rings. The third kappa shape index (κ3) is 8.66. The van der Waals surface area contributed by atoms with E-state index in [0.717, 1.165) is 70.5 Å². The average molecular weight is 904 g/mol. The molecule has 6 aromatic rings. The number of allylic oxidation sites excluding steroid dienone is 2.